The summed E-state index contributed by atoms with van der Waals surface area (Å²) >= 11 is 1.57. The van der Waals surface area contributed by atoms with Gasteiger partial charge in [-0.15, -0.1) is 11.8 Å². The van der Waals surface area contributed by atoms with Crippen molar-refractivity contribution in [3.8, 4) is 0 Å². The van der Waals surface area contributed by atoms with Crippen molar-refractivity contribution in [2.24, 2.45) is 0 Å². The normalized spacial score (nSPS) is 12.2. The molecular formula is C13H19NO2S. The first-order chi connectivity index (χ1) is 8.13. The molecule has 4 heteroatoms. The van der Waals surface area contributed by atoms with Gasteiger partial charge in [-0.25, -0.2) is 0 Å². The molecule has 0 aliphatic rings. The molecule has 0 radical (unpaired) electrons. The van der Waals surface area contributed by atoms with E-state index in [4.69, 9.17) is 4.74 Å². The Bertz CT molecular complexity index is 351. The SMILES string of the molecule is COCCNC(=O)[C@@H](C)Sc1ccc(C)cc1. The van der Waals surface area contributed by atoms with Gasteiger partial charge < -0.3 is 10.1 Å². The van der Waals surface area contributed by atoms with Crippen LogP contribution in [0.3, 0.4) is 0 Å². The third-order valence-corrected chi connectivity index (χ3v) is 3.42. The van der Waals surface area contributed by atoms with E-state index in [1.807, 2.05) is 19.1 Å². The van der Waals surface area contributed by atoms with Crippen molar-refractivity contribution in [1.29, 1.82) is 0 Å². The fourth-order valence-corrected chi connectivity index (χ4v) is 2.19. The van der Waals surface area contributed by atoms with Crippen LogP contribution in [0.25, 0.3) is 0 Å². The van der Waals surface area contributed by atoms with E-state index >= 15 is 0 Å². The minimum Gasteiger partial charge on any atom is -0.383 e. The highest BCUT2D eigenvalue weighted by Crippen LogP contribution is 2.23. The quantitative estimate of drug-likeness (QED) is 0.624. The number of methoxy groups -OCH3 is 1. The molecule has 0 saturated carbocycles. The van der Waals surface area contributed by atoms with Crippen molar-refractivity contribution in [2.45, 2.75) is 24.0 Å². The van der Waals surface area contributed by atoms with Crippen molar-refractivity contribution >= 4 is 17.7 Å². The van der Waals surface area contributed by atoms with E-state index in [1.54, 1.807) is 18.9 Å². The number of thioether (sulfide) groups is 1. The summed E-state index contributed by atoms with van der Waals surface area (Å²) < 4.78 is 4.88. The molecule has 1 atom stereocenters. The standard InChI is InChI=1S/C13H19NO2S/c1-10-4-6-12(7-5-10)17-11(2)13(15)14-8-9-16-3/h4-7,11H,8-9H2,1-3H3,(H,14,15)/t11-/m1/s1. The largest absolute Gasteiger partial charge is 0.383 e. The second-order valence-electron chi connectivity index (χ2n) is 3.86. The summed E-state index contributed by atoms with van der Waals surface area (Å²) in [6.45, 7) is 5.07. The highest BCUT2D eigenvalue weighted by Gasteiger charge is 2.13. The monoisotopic (exact) mass is 253 g/mol. The van der Waals surface area contributed by atoms with E-state index in [2.05, 4.69) is 24.4 Å². The van der Waals surface area contributed by atoms with Gasteiger partial charge in [-0.1, -0.05) is 17.7 Å². The average molecular weight is 253 g/mol. The van der Waals surface area contributed by atoms with E-state index in [9.17, 15) is 4.79 Å². The van der Waals surface area contributed by atoms with E-state index in [0.717, 1.165) is 4.90 Å². The maximum absolute atomic E-state index is 11.7. The van der Waals surface area contributed by atoms with Crippen LogP contribution in [0.5, 0.6) is 0 Å². The fraction of sp³-hybridized carbons (Fsp3) is 0.462. The smallest absolute Gasteiger partial charge is 0.233 e. The Kier molecular flexibility index (Phi) is 6.08. The van der Waals surface area contributed by atoms with Gasteiger partial charge in [0.1, 0.15) is 0 Å². The number of carbonyl (C=O) groups is 1. The van der Waals surface area contributed by atoms with Gasteiger partial charge in [-0.05, 0) is 26.0 Å². The van der Waals surface area contributed by atoms with E-state index in [0.29, 0.717) is 13.2 Å². The lowest BCUT2D eigenvalue weighted by Gasteiger charge is -2.11. The molecule has 0 heterocycles. The summed E-state index contributed by atoms with van der Waals surface area (Å²) in [5.74, 6) is 0.0487. The number of carbonyl (C=O) groups excluding carboxylic acids is 1. The summed E-state index contributed by atoms with van der Waals surface area (Å²) in [4.78, 5) is 12.8. The van der Waals surface area contributed by atoms with Gasteiger partial charge in [-0.3, -0.25) is 4.79 Å². The number of hydrogen-bond donors (Lipinski definition) is 1. The van der Waals surface area contributed by atoms with Crippen molar-refractivity contribution in [3.63, 3.8) is 0 Å². The first-order valence-electron chi connectivity index (χ1n) is 5.63. The van der Waals surface area contributed by atoms with Gasteiger partial charge in [0.05, 0.1) is 11.9 Å². The van der Waals surface area contributed by atoms with Crippen LogP contribution >= 0.6 is 11.8 Å². The van der Waals surface area contributed by atoms with Gasteiger partial charge in [0.25, 0.3) is 0 Å². The Hall–Kier alpha value is -1.00. The first kappa shape index (κ1) is 14.1. The van der Waals surface area contributed by atoms with Gasteiger partial charge in [0.15, 0.2) is 0 Å². The number of nitrogens with one attached hydrogen (secondary N) is 1. The van der Waals surface area contributed by atoms with Gasteiger partial charge in [-0.2, -0.15) is 0 Å². The Morgan fingerprint density at radius 2 is 2.06 bits per heavy atom. The Morgan fingerprint density at radius 1 is 1.41 bits per heavy atom. The lowest BCUT2D eigenvalue weighted by Crippen LogP contribution is -2.33. The maximum atomic E-state index is 11.7. The Balaban J connectivity index is 2.40. The van der Waals surface area contributed by atoms with Crippen LogP contribution in [0.1, 0.15) is 12.5 Å². The Morgan fingerprint density at radius 3 is 2.65 bits per heavy atom. The molecule has 1 aromatic rings. The summed E-state index contributed by atoms with van der Waals surface area (Å²) in [5.41, 5.74) is 1.23. The van der Waals surface area contributed by atoms with Gasteiger partial charge >= 0.3 is 0 Å². The second kappa shape index (κ2) is 7.35. The number of ether oxygens (including phenoxy) is 1. The van der Waals surface area contributed by atoms with Crippen LogP contribution in [0.15, 0.2) is 29.2 Å². The maximum Gasteiger partial charge on any atom is 0.233 e. The Labute approximate surface area is 107 Å². The molecule has 0 unspecified atom stereocenters. The van der Waals surface area contributed by atoms with Crippen LogP contribution in [0.2, 0.25) is 0 Å². The van der Waals surface area contributed by atoms with Crippen LogP contribution in [-0.2, 0) is 9.53 Å². The fourth-order valence-electron chi connectivity index (χ4n) is 1.29. The van der Waals surface area contributed by atoms with Crippen molar-refractivity contribution in [1.82, 2.24) is 5.32 Å². The lowest BCUT2D eigenvalue weighted by atomic mass is 10.2. The molecule has 1 rings (SSSR count). The molecule has 1 N–H and O–H groups in total. The van der Waals surface area contributed by atoms with Crippen molar-refractivity contribution < 1.29 is 9.53 Å². The van der Waals surface area contributed by atoms with Gasteiger partial charge in [0, 0.05) is 18.6 Å². The zero-order chi connectivity index (χ0) is 12.7. The molecule has 0 spiro atoms. The molecule has 0 bridgehead atoms. The molecule has 94 valence electrons. The molecule has 0 saturated heterocycles. The number of hydrogen-bond acceptors (Lipinski definition) is 3. The lowest BCUT2D eigenvalue weighted by molar-refractivity contribution is -0.120. The highest BCUT2D eigenvalue weighted by atomic mass is 32.2. The number of amides is 1. The van der Waals surface area contributed by atoms with Crippen LogP contribution in [0, 0.1) is 6.92 Å². The molecule has 1 aromatic carbocycles. The van der Waals surface area contributed by atoms with E-state index < -0.39 is 0 Å². The third-order valence-electron chi connectivity index (χ3n) is 2.31. The molecule has 0 fully saturated rings. The van der Waals surface area contributed by atoms with Crippen LogP contribution in [0.4, 0.5) is 0 Å². The van der Waals surface area contributed by atoms with Crippen molar-refractivity contribution in [3.05, 3.63) is 29.8 Å². The minimum absolute atomic E-state index is 0.0487. The first-order valence-corrected chi connectivity index (χ1v) is 6.51. The van der Waals surface area contributed by atoms with E-state index in [1.165, 1.54) is 5.56 Å². The molecule has 0 aliphatic carbocycles. The molecule has 0 aliphatic heterocycles. The summed E-state index contributed by atoms with van der Waals surface area (Å²) in [6, 6.07) is 8.19. The molecule has 1 amide bonds. The summed E-state index contributed by atoms with van der Waals surface area (Å²) in [5, 5.41) is 2.74. The predicted molar refractivity (Wildman–Crippen MR) is 71.4 cm³/mol. The molecule has 3 nitrogen and oxygen atoms in total. The molecular weight excluding hydrogens is 234 g/mol. The van der Waals surface area contributed by atoms with Crippen LogP contribution in [-0.4, -0.2) is 31.4 Å². The van der Waals surface area contributed by atoms with Crippen LogP contribution < -0.4 is 5.32 Å². The highest BCUT2D eigenvalue weighted by molar-refractivity contribution is 8.00. The summed E-state index contributed by atoms with van der Waals surface area (Å²) in [6.07, 6.45) is 0. The average Bonchev–Trinajstić information content (AvgIpc) is 2.32. The molecule has 17 heavy (non-hydrogen) atoms. The second-order valence-corrected chi connectivity index (χ2v) is 5.27. The zero-order valence-corrected chi connectivity index (χ0v) is 11.3. The zero-order valence-electron chi connectivity index (χ0n) is 10.5. The van der Waals surface area contributed by atoms with Gasteiger partial charge in [0.2, 0.25) is 5.91 Å². The third kappa shape index (κ3) is 5.24. The minimum atomic E-state index is -0.0884. The molecule has 0 aromatic heterocycles. The van der Waals surface area contributed by atoms with Crippen molar-refractivity contribution in [2.75, 3.05) is 20.3 Å². The number of aryl methyl sites for hydroxylation is 1. The topological polar surface area (TPSA) is 38.3 Å². The van der Waals surface area contributed by atoms with E-state index in [-0.39, 0.29) is 11.2 Å². The number of rotatable bonds is 6. The number of benzene rings is 1. The predicted octanol–water partition coefficient (Wildman–Crippen LogP) is 2.24. The summed E-state index contributed by atoms with van der Waals surface area (Å²) in [7, 11) is 1.62.